The minimum atomic E-state index is 0.302. The molecule has 0 unspecified atom stereocenters. The van der Waals surface area contributed by atoms with Crippen LogP contribution in [0, 0.1) is 5.92 Å². The van der Waals surface area contributed by atoms with Crippen molar-refractivity contribution < 1.29 is 5.11 Å². The van der Waals surface area contributed by atoms with Crippen molar-refractivity contribution in [3.63, 3.8) is 0 Å². The van der Waals surface area contributed by atoms with Crippen molar-refractivity contribution in [3.05, 3.63) is 18.0 Å². The van der Waals surface area contributed by atoms with Crippen LogP contribution in [0.3, 0.4) is 0 Å². The standard InChI is InChI=1S/C13H22N4O/c1-2-14-7-12-8-15-13(16-9-12)17-5-3-11(10-18)4-6-17/h8-9,11,14,18H,2-7,10H2,1H3. The van der Waals surface area contributed by atoms with Crippen LogP contribution in [0.1, 0.15) is 25.3 Å². The second kappa shape index (κ2) is 6.66. The normalized spacial score (nSPS) is 17.1. The van der Waals surface area contributed by atoms with Crippen LogP contribution in [0.5, 0.6) is 0 Å². The maximum absolute atomic E-state index is 9.11. The number of nitrogens with one attached hydrogen (secondary N) is 1. The number of hydrogen-bond donors (Lipinski definition) is 2. The molecule has 0 aromatic carbocycles. The zero-order valence-electron chi connectivity index (χ0n) is 11.0. The zero-order chi connectivity index (χ0) is 12.8. The van der Waals surface area contributed by atoms with Gasteiger partial charge in [-0.3, -0.25) is 0 Å². The molecule has 2 rings (SSSR count). The Morgan fingerprint density at radius 3 is 2.56 bits per heavy atom. The van der Waals surface area contributed by atoms with Gasteiger partial charge in [-0.05, 0) is 25.3 Å². The summed E-state index contributed by atoms with van der Waals surface area (Å²) in [7, 11) is 0. The van der Waals surface area contributed by atoms with Gasteiger partial charge in [-0.1, -0.05) is 6.92 Å². The van der Waals surface area contributed by atoms with E-state index in [1.165, 1.54) is 0 Å². The Balaban J connectivity index is 1.89. The molecule has 0 saturated carbocycles. The summed E-state index contributed by atoms with van der Waals surface area (Å²) in [5.74, 6) is 1.26. The number of aromatic nitrogens is 2. The molecule has 1 aliphatic rings. The van der Waals surface area contributed by atoms with E-state index in [-0.39, 0.29) is 0 Å². The molecule has 1 aromatic heterocycles. The Kier molecular flexibility index (Phi) is 4.90. The van der Waals surface area contributed by atoms with E-state index < -0.39 is 0 Å². The summed E-state index contributed by atoms with van der Waals surface area (Å²) in [5.41, 5.74) is 1.12. The number of nitrogens with zero attached hydrogens (tertiary/aromatic N) is 3. The van der Waals surface area contributed by atoms with Crippen molar-refractivity contribution in [2.45, 2.75) is 26.3 Å². The van der Waals surface area contributed by atoms with Crippen LogP contribution in [0.15, 0.2) is 12.4 Å². The third-order valence-corrected chi connectivity index (χ3v) is 3.43. The highest BCUT2D eigenvalue weighted by atomic mass is 16.3. The van der Waals surface area contributed by atoms with Crippen molar-refractivity contribution in [3.8, 4) is 0 Å². The fourth-order valence-corrected chi connectivity index (χ4v) is 2.19. The molecule has 5 nitrogen and oxygen atoms in total. The second-order valence-corrected chi connectivity index (χ2v) is 4.78. The van der Waals surface area contributed by atoms with E-state index in [1.54, 1.807) is 0 Å². The molecular weight excluding hydrogens is 228 g/mol. The number of piperidine rings is 1. The molecule has 5 heteroatoms. The maximum atomic E-state index is 9.11. The van der Waals surface area contributed by atoms with Crippen molar-refractivity contribution >= 4 is 5.95 Å². The zero-order valence-corrected chi connectivity index (χ0v) is 11.0. The molecule has 0 bridgehead atoms. The van der Waals surface area contributed by atoms with Gasteiger partial charge in [0.2, 0.25) is 5.95 Å². The first-order chi connectivity index (χ1) is 8.83. The predicted molar refractivity (Wildman–Crippen MR) is 71.4 cm³/mol. The van der Waals surface area contributed by atoms with Crippen LogP contribution in [0.4, 0.5) is 5.95 Å². The Hall–Kier alpha value is -1.20. The molecule has 1 aliphatic heterocycles. The Morgan fingerprint density at radius 2 is 2.00 bits per heavy atom. The second-order valence-electron chi connectivity index (χ2n) is 4.78. The third-order valence-electron chi connectivity index (χ3n) is 3.43. The monoisotopic (exact) mass is 250 g/mol. The van der Waals surface area contributed by atoms with Gasteiger partial charge in [0.15, 0.2) is 0 Å². The molecule has 0 aliphatic carbocycles. The summed E-state index contributed by atoms with van der Waals surface area (Å²) in [4.78, 5) is 11.0. The van der Waals surface area contributed by atoms with Crippen LogP contribution < -0.4 is 10.2 Å². The van der Waals surface area contributed by atoms with E-state index in [2.05, 4.69) is 27.1 Å². The highest BCUT2D eigenvalue weighted by Gasteiger charge is 2.19. The topological polar surface area (TPSA) is 61.3 Å². The summed E-state index contributed by atoms with van der Waals surface area (Å²) in [6.45, 7) is 6.05. The lowest BCUT2D eigenvalue weighted by Gasteiger charge is -2.31. The van der Waals surface area contributed by atoms with Crippen molar-refractivity contribution in [1.29, 1.82) is 0 Å². The van der Waals surface area contributed by atoms with Gasteiger partial charge in [0, 0.05) is 44.2 Å². The summed E-state index contributed by atoms with van der Waals surface area (Å²) in [6, 6.07) is 0. The Labute approximate surface area is 108 Å². The van der Waals surface area contributed by atoms with Gasteiger partial charge in [0.25, 0.3) is 0 Å². The SMILES string of the molecule is CCNCc1cnc(N2CCC(CO)CC2)nc1. The first-order valence-electron chi connectivity index (χ1n) is 6.71. The van der Waals surface area contributed by atoms with Gasteiger partial charge in [-0.25, -0.2) is 9.97 Å². The number of aliphatic hydroxyl groups is 1. The highest BCUT2D eigenvalue weighted by Crippen LogP contribution is 2.19. The van der Waals surface area contributed by atoms with Crippen LogP contribution >= 0.6 is 0 Å². The Bertz CT molecular complexity index is 347. The van der Waals surface area contributed by atoms with Gasteiger partial charge >= 0.3 is 0 Å². The van der Waals surface area contributed by atoms with E-state index in [4.69, 9.17) is 5.11 Å². The van der Waals surface area contributed by atoms with Crippen LogP contribution in [-0.4, -0.2) is 41.3 Å². The van der Waals surface area contributed by atoms with Crippen molar-refractivity contribution in [2.75, 3.05) is 31.1 Å². The lowest BCUT2D eigenvalue weighted by atomic mass is 9.98. The van der Waals surface area contributed by atoms with E-state index in [0.29, 0.717) is 12.5 Å². The average Bonchev–Trinajstić information content (AvgIpc) is 2.46. The highest BCUT2D eigenvalue weighted by molar-refractivity contribution is 5.30. The van der Waals surface area contributed by atoms with Gasteiger partial charge in [-0.2, -0.15) is 0 Å². The van der Waals surface area contributed by atoms with Gasteiger partial charge in [-0.15, -0.1) is 0 Å². The molecular formula is C13H22N4O. The van der Waals surface area contributed by atoms with Gasteiger partial charge in [0.05, 0.1) is 0 Å². The summed E-state index contributed by atoms with van der Waals surface area (Å²) >= 11 is 0. The van der Waals surface area contributed by atoms with Crippen molar-refractivity contribution in [2.24, 2.45) is 5.92 Å². The number of rotatable bonds is 5. The van der Waals surface area contributed by atoms with E-state index in [0.717, 1.165) is 50.5 Å². The van der Waals surface area contributed by atoms with E-state index in [1.807, 2.05) is 12.4 Å². The van der Waals surface area contributed by atoms with E-state index >= 15 is 0 Å². The predicted octanol–water partition coefficient (Wildman–Crippen LogP) is 0.795. The fraction of sp³-hybridized carbons (Fsp3) is 0.692. The summed E-state index contributed by atoms with van der Waals surface area (Å²) in [6.07, 6.45) is 5.84. The third kappa shape index (κ3) is 3.40. The fourth-order valence-electron chi connectivity index (χ4n) is 2.19. The molecule has 18 heavy (non-hydrogen) atoms. The number of hydrogen-bond acceptors (Lipinski definition) is 5. The smallest absolute Gasteiger partial charge is 0.225 e. The molecule has 1 fully saturated rings. The molecule has 0 radical (unpaired) electrons. The maximum Gasteiger partial charge on any atom is 0.225 e. The Morgan fingerprint density at radius 1 is 1.33 bits per heavy atom. The van der Waals surface area contributed by atoms with E-state index in [9.17, 15) is 0 Å². The summed E-state index contributed by atoms with van der Waals surface area (Å²) < 4.78 is 0. The molecule has 2 heterocycles. The molecule has 0 spiro atoms. The lowest BCUT2D eigenvalue weighted by molar-refractivity contribution is 0.202. The largest absolute Gasteiger partial charge is 0.396 e. The molecule has 2 N–H and O–H groups in total. The lowest BCUT2D eigenvalue weighted by Crippen LogP contribution is -2.35. The van der Waals surface area contributed by atoms with Crippen LogP contribution in [-0.2, 0) is 6.54 Å². The molecule has 100 valence electrons. The molecule has 0 amide bonds. The minimum absolute atomic E-state index is 0.302. The van der Waals surface area contributed by atoms with Gasteiger partial charge < -0.3 is 15.3 Å². The average molecular weight is 250 g/mol. The first-order valence-corrected chi connectivity index (χ1v) is 6.71. The van der Waals surface area contributed by atoms with Gasteiger partial charge in [0.1, 0.15) is 0 Å². The van der Waals surface area contributed by atoms with Crippen LogP contribution in [0.25, 0.3) is 0 Å². The number of anilines is 1. The van der Waals surface area contributed by atoms with Crippen molar-refractivity contribution in [1.82, 2.24) is 15.3 Å². The quantitative estimate of drug-likeness (QED) is 0.809. The number of aliphatic hydroxyl groups excluding tert-OH is 1. The molecule has 1 aromatic rings. The first kappa shape index (κ1) is 13.2. The minimum Gasteiger partial charge on any atom is -0.396 e. The molecule has 0 atom stereocenters. The molecule has 1 saturated heterocycles. The summed E-state index contributed by atoms with van der Waals surface area (Å²) in [5, 5.41) is 12.4. The van der Waals surface area contributed by atoms with Crippen LogP contribution in [0.2, 0.25) is 0 Å².